The van der Waals surface area contributed by atoms with Crippen molar-refractivity contribution in [2.24, 2.45) is 0 Å². The number of amides is 2. The van der Waals surface area contributed by atoms with Crippen LogP contribution >= 0.6 is 0 Å². The van der Waals surface area contributed by atoms with Crippen LogP contribution in [0.4, 0.5) is 18.0 Å². The maximum atomic E-state index is 12.6. The Labute approximate surface area is 108 Å². The summed E-state index contributed by atoms with van der Waals surface area (Å²) in [6.07, 6.45) is -4.68. The van der Waals surface area contributed by atoms with Crippen LogP contribution < -0.4 is 10.6 Å². The lowest BCUT2D eigenvalue weighted by atomic mass is 10.0. The van der Waals surface area contributed by atoms with E-state index in [-0.39, 0.29) is 6.61 Å². The first-order chi connectivity index (χ1) is 8.58. The Morgan fingerprint density at radius 2 is 1.89 bits per heavy atom. The molecule has 0 aromatic rings. The van der Waals surface area contributed by atoms with Gasteiger partial charge in [-0.2, -0.15) is 13.2 Å². The van der Waals surface area contributed by atoms with Crippen molar-refractivity contribution in [3.8, 4) is 0 Å². The molecule has 2 unspecified atom stereocenters. The number of carbonyl (C=O) groups is 2. The SMILES string of the molecule is CCC(COC)NC(=O)NC(C)(C(=O)O)C(F)(F)F. The summed E-state index contributed by atoms with van der Waals surface area (Å²) in [4.78, 5) is 22.1. The van der Waals surface area contributed by atoms with Crippen LogP contribution in [0.1, 0.15) is 20.3 Å². The zero-order chi connectivity index (χ0) is 15.3. The molecule has 0 aliphatic rings. The molecule has 0 spiro atoms. The van der Waals surface area contributed by atoms with Crippen molar-refractivity contribution in [3.63, 3.8) is 0 Å². The van der Waals surface area contributed by atoms with Gasteiger partial charge in [0, 0.05) is 7.11 Å². The predicted octanol–water partition coefficient (Wildman–Crippen LogP) is 1.12. The summed E-state index contributed by atoms with van der Waals surface area (Å²) >= 11 is 0. The van der Waals surface area contributed by atoms with E-state index in [1.165, 1.54) is 12.4 Å². The van der Waals surface area contributed by atoms with Crippen molar-refractivity contribution in [2.75, 3.05) is 13.7 Å². The van der Waals surface area contributed by atoms with Crippen molar-refractivity contribution >= 4 is 12.0 Å². The van der Waals surface area contributed by atoms with Crippen LogP contribution in [0.3, 0.4) is 0 Å². The largest absolute Gasteiger partial charge is 0.479 e. The Morgan fingerprint density at radius 3 is 2.21 bits per heavy atom. The zero-order valence-corrected chi connectivity index (χ0v) is 10.8. The number of nitrogens with one attached hydrogen (secondary N) is 2. The highest BCUT2D eigenvalue weighted by Gasteiger charge is 2.58. The van der Waals surface area contributed by atoms with Crippen molar-refractivity contribution in [1.82, 2.24) is 10.6 Å². The Hall–Kier alpha value is -1.51. The third kappa shape index (κ3) is 4.58. The maximum absolute atomic E-state index is 12.6. The number of urea groups is 1. The van der Waals surface area contributed by atoms with E-state index in [2.05, 4.69) is 5.32 Å². The number of rotatable bonds is 6. The number of carbonyl (C=O) groups excluding carboxylic acids is 1. The molecule has 0 aromatic carbocycles. The fraction of sp³-hybridized carbons (Fsp3) is 0.800. The Bertz CT molecular complexity index is 335. The number of halogens is 3. The van der Waals surface area contributed by atoms with Gasteiger partial charge in [-0.25, -0.2) is 9.59 Å². The molecule has 0 aliphatic heterocycles. The molecular weight excluding hydrogens is 269 g/mol. The number of carboxylic acid groups (broad SMARTS) is 1. The first kappa shape index (κ1) is 17.5. The van der Waals surface area contributed by atoms with E-state index in [1.807, 2.05) is 0 Å². The Balaban J connectivity index is 4.80. The molecule has 6 nitrogen and oxygen atoms in total. The molecule has 9 heteroatoms. The molecule has 0 saturated carbocycles. The predicted molar refractivity (Wildman–Crippen MR) is 59.7 cm³/mol. The summed E-state index contributed by atoms with van der Waals surface area (Å²) in [6.45, 7) is 2.19. The van der Waals surface area contributed by atoms with Gasteiger partial charge in [-0.3, -0.25) is 0 Å². The molecule has 0 heterocycles. The van der Waals surface area contributed by atoms with Gasteiger partial charge in [0.15, 0.2) is 0 Å². The van der Waals surface area contributed by atoms with Gasteiger partial charge in [-0.15, -0.1) is 0 Å². The van der Waals surface area contributed by atoms with Crippen molar-refractivity contribution in [2.45, 2.75) is 38.0 Å². The quantitative estimate of drug-likeness (QED) is 0.682. The van der Waals surface area contributed by atoms with Crippen LogP contribution in [-0.4, -0.2) is 48.6 Å². The monoisotopic (exact) mass is 286 g/mol. The Kier molecular flexibility index (Phi) is 6.07. The van der Waals surface area contributed by atoms with Crippen LogP contribution in [-0.2, 0) is 9.53 Å². The standard InChI is InChI=1S/C10H17F3N2O4/c1-4-6(5-19-3)14-8(18)15-9(2,7(16)17)10(11,12)13/h6H,4-5H2,1-3H3,(H,16,17)(H2,14,15,18). The fourth-order valence-electron chi connectivity index (χ4n) is 1.16. The van der Waals surface area contributed by atoms with E-state index in [1.54, 1.807) is 6.92 Å². The van der Waals surface area contributed by atoms with Crippen molar-refractivity contribution in [1.29, 1.82) is 0 Å². The second-order valence-electron chi connectivity index (χ2n) is 4.09. The lowest BCUT2D eigenvalue weighted by Crippen LogP contribution is -2.64. The fourth-order valence-corrected chi connectivity index (χ4v) is 1.16. The number of hydrogen-bond acceptors (Lipinski definition) is 3. The summed E-state index contributed by atoms with van der Waals surface area (Å²) < 4.78 is 42.7. The molecule has 0 fully saturated rings. The third-order valence-corrected chi connectivity index (χ3v) is 2.55. The minimum atomic E-state index is -5.11. The number of methoxy groups -OCH3 is 1. The van der Waals surface area contributed by atoms with E-state index < -0.39 is 29.8 Å². The molecule has 0 rings (SSSR count). The van der Waals surface area contributed by atoms with Gasteiger partial charge in [-0.05, 0) is 13.3 Å². The molecule has 112 valence electrons. The molecule has 0 saturated heterocycles. The molecule has 2 atom stereocenters. The average molecular weight is 286 g/mol. The van der Waals surface area contributed by atoms with Gasteiger partial charge in [0.1, 0.15) is 0 Å². The van der Waals surface area contributed by atoms with E-state index >= 15 is 0 Å². The smallest absolute Gasteiger partial charge is 0.422 e. The highest BCUT2D eigenvalue weighted by Crippen LogP contribution is 2.30. The van der Waals surface area contributed by atoms with E-state index in [0.29, 0.717) is 13.3 Å². The van der Waals surface area contributed by atoms with E-state index in [4.69, 9.17) is 9.84 Å². The zero-order valence-electron chi connectivity index (χ0n) is 10.8. The van der Waals surface area contributed by atoms with E-state index in [9.17, 15) is 22.8 Å². The molecule has 19 heavy (non-hydrogen) atoms. The summed E-state index contributed by atoms with van der Waals surface area (Å²) in [5.74, 6) is -2.19. The number of ether oxygens (including phenoxy) is 1. The molecule has 0 aliphatic carbocycles. The van der Waals surface area contributed by atoms with Gasteiger partial charge >= 0.3 is 18.2 Å². The number of carboxylic acids is 1. The molecule has 0 radical (unpaired) electrons. The van der Waals surface area contributed by atoms with Crippen LogP contribution in [0.2, 0.25) is 0 Å². The second-order valence-corrected chi connectivity index (χ2v) is 4.09. The summed E-state index contributed by atoms with van der Waals surface area (Å²) in [5.41, 5.74) is -3.34. The maximum Gasteiger partial charge on any atom is 0.422 e. The summed E-state index contributed by atoms with van der Waals surface area (Å²) in [5, 5.41) is 12.3. The molecular formula is C10H17F3N2O4. The normalized spacial score (nSPS) is 16.3. The highest BCUT2D eigenvalue weighted by atomic mass is 19.4. The van der Waals surface area contributed by atoms with Gasteiger partial charge in [-0.1, -0.05) is 6.92 Å². The van der Waals surface area contributed by atoms with Crippen LogP contribution in [0.5, 0.6) is 0 Å². The topological polar surface area (TPSA) is 87.7 Å². The molecule has 2 amide bonds. The van der Waals surface area contributed by atoms with E-state index in [0.717, 1.165) is 0 Å². The minimum Gasteiger partial charge on any atom is -0.479 e. The van der Waals surface area contributed by atoms with Gasteiger partial charge in [0.2, 0.25) is 5.54 Å². The molecule has 0 bridgehead atoms. The first-order valence-electron chi connectivity index (χ1n) is 5.46. The lowest BCUT2D eigenvalue weighted by Gasteiger charge is -2.29. The second kappa shape index (κ2) is 6.60. The van der Waals surface area contributed by atoms with Crippen molar-refractivity contribution < 1.29 is 32.6 Å². The number of alkyl halides is 3. The first-order valence-corrected chi connectivity index (χ1v) is 5.46. The van der Waals surface area contributed by atoms with Crippen LogP contribution in [0.25, 0.3) is 0 Å². The van der Waals surface area contributed by atoms with Crippen LogP contribution in [0, 0.1) is 0 Å². The third-order valence-electron chi connectivity index (χ3n) is 2.55. The van der Waals surface area contributed by atoms with Crippen molar-refractivity contribution in [3.05, 3.63) is 0 Å². The number of hydrogen-bond donors (Lipinski definition) is 3. The van der Waals surface area contributed by atoms with Gasteiger partial charge < -0.3 is 20.5 Å². The van der Waals surface area contributed by atoms with Gasteiger partial charge in [0.25, 0.3) is 0 Å². The summed E-state index contributed by atoms with van der Waals surface area (Å²) in [6, 6.07) is -1.72. The average Bonchev–Trinajstić information content (AvgIpc) is 2.26. The minimum absolute atomic E-state index is 0.111. The number of aliphatic carboxylic acids is 1. The van der Waals surface area contributed by atoms with Gasteiger partial charge in [0.05, 0.1) is 12.6 Å². The lowest BCUT2D eigenvalue weighted by molar-refractivity contribution is -0.203. The highest BCUT2D eigenvalue weighted by molar-refractivity contribution is 5.86. The van der Waals surface area contributed by atoms with Crippen LogP contribution in [0.15, 0.2) is 0 Å². The molecule has 3 N–H and O–H groups in total. The Morgan fingerprint density at radius 1 is 1.37 bits per heavy atom. The molecule has 0 aromatic heterocycles. The summed E-state index contributed by atoms with van der Waals surface area (Å²) in [7, 11) is 1.37.